The highest BCUT2D eigenvalue weighted by molar-refractivity contribution is 14.0. The lowest BCUT2D eigenvalue weighted by Crippen LogP contribution is -2.46. The Morgan fingerprint density at radius 3 is 2.61 bits per heavy atom. The molecule has 1 saturated carbocycles. The quantitative estimate of drug-likeness (QED) is 0.387. The average Bonchev–Trinajstić information content (AvgIpc) is 2.75. The normalized spacial score (nSPS) is 29.6. The van der Waals surface area contributed by atoms with Crippen molar-refractivity contribution in [3.05, 3.63) is 0 Å². The van der Waals surface area contributed by atoms with Crippen LogP contribution in [0.3, 0.4) is 0 Å². The van der Waals surface area contributed by atoms with Gasteiger partial charge in [-0.15, -0.1) is 24.0 Å². The number of rotatable bonds is 4. The van der Waals surface area contributed by atoms with Crippen molar-refractivity contribution in [2.24, 2.45) is 16.3 Å². The van der Waals surface area contributed by atoms with Crippen LogP contribution in [0, 0.1) is 11.3 Å². The monoisotopic (exact) mass is 457 g/mol. The Morgan fingerprint density at radius 1 is 1.30 bits per heavy atom. The van der Waals surface area contributed by atoms with Crippen LogP contribution in [0.2, 0.25) is 0 Å². The molecule has 5 nitrogen and oxygen atoms in total. The predicted molar refractivity (Wildman–Crippen MR) is 107 cm³/mol. The van der Waals surface area contributed by atoms with Gasteiger partial charge in [0.25, 0.3) is 0 Å². The second kappa shape index (κ2) is 8.87. The first-order valence-corrected chi connectivity index (χ1v) is 10.4. The van der Waals surface area contributed by atoms with E-state index in [4.69, 9.17) is 0 Å². The standard InChI is InChI=1S/C16H31N3O2S.HI/c1-4-17-15(18-11-13-7-9-22(20,21)12-13)19-14-6-5-8-16(2,3)10-14;/h13-14H,4-12H2,1-3H3,(H2,17,18,19);1H. The smallest absolute Gasteiger partial charge is 0.191 e. The highest BCUT2D eigenvalue weighted by Crippen LogP contribution is 2.35. The number of halogens is 1. The third kappa shape index (κ3) is 7.15. The maximum atomic E-state index is 11.5. The molecule has 1 heterocycles. The molecule has 0 radical (unpaired) electrons. The fourth-order valence-electron chi connectivity index (χ4n) is 3.57. The molecular formula is C16H32IN3O2S. The van der Waals surface area contributed by atoms with Crippen molar-refractivity contribution in [2.75, 3.05) is 24.6 Å². The zero-order valence-electron chi connectivity index (χ0n) is 14.6. The van der Waals surface area contributed by atoms with Gasteiger partial charge in [-0.05, 0) is 43.9 Å². The van der Waals surface area contributed by atoms with Crippen molar-refractivity contribution in [3.8, 4) is 0 Å². The molecule has 1 aliphatic carbocycles. The van der Waals surface area contributed by atoms with E-state index in [-0.39, 0.29) is 29.9 Å². The van der Waals surface area contributed by atoms with Gasteiger partial charge >= 0.3 is 0 Å². The summed E-state index contributed by atoms with van der Waals surface area (Å²) in [6.07, 6.45) is 5.65. The number of guanidine groups is 1. The first kappa shape index (κ1) is 21.0. The molecule has 0 amide bonds. The fourth-order valence-corrected chi connectivity index (χ4v) is 5.42. The maximum absolute atomic E-state index is 11.5. The van der Waals surface area contributed by atoms with E-state index in [0.29, 0.717) is 29.5 Å². The van der Waals surface area contributed by atoms with E-state index in [1.807, 2.05) is 0 Å². The Kier molecular flexibility index (Phi) is 8.10. The van der Waals surface area contributed by atoms with Crippen LogP contribution in [-0.4, -0.2) is 45.0 Å². The Morgan fingerprint density at radius 2 is 2.04 bits per heavy atom. The average molecular weight is 457 g/mol. The molecule has 2 N–H and O–H groups in total. The van der Waals surface area contributed by atoms with Gasteiger partial charge in [0.15, 0.2) is 15.8 Å². The van der Waals surface area contributed by atoms with Crippen molar-refractivity contribution in [1.82, 2.24) is 10.6 Å². The van der Waals surface area contributed by atoms with Crippen LogP contribution in [0.5, 0.6) is 0 Å². The van der Waals surface area contributed by atoms with E-state index >= 15 is 0 Å². The number of aliphatic imine (C=N–C) groups is 1. The zero-order chi connectivity index (χ0) is 16.2. The molecule has 0 aromatic rings. The van der Waals surface area contributed by atoms with Crippen molar-refractivity contribution in [2.45, 2.75) is 58.9 Å². The summed E-state index contributed by atoms with van der Waals surface area (Å²) in [5.74, 6) is 1.65. The number of sulfone groups is 1. The van der Waals surface area contributed by atoms with Crippen LogP contribution in [0.1, 0.15) is 52.9 Å². The van der Waals surface area contributed by atoms with Crippen LogP contribution in [0.15, 0.2) is 4.99 Å². The van der Waals surface area contributed by atoms with Gasteiger partial charge in [-0.2, -0.15) is 0 Å². The van der Waals surface area contributed by atoms with Gasteiger partial charge in [0.05, 0.1) is 11.5 Å². The molecule has 2 atom stereocenters. The molecule has 2 rings (SSSR count). The lowest BCUT2D eigenvalue weighted by atomic mass is 9.75. The Labute approximate surface area is 158 Å². The molecule has 1 saturated heterocycles. The van der Waals surface area contributed by atoms with E-state index < -0.39 is 9.84 Å². The Bertz CT molecular complexity index is 505. The third-order valence-electron chi connectivity index (χ3n) is 4.72. The van der Waals surface area contributed by atoms with Gasteiger partial charge in [-0.1, -0.05) is 20.3 Å². The molecule has 2 unspecified atom stereocenters. The molecule has 0 aromatic carbocycles. The number of nitrogens with zero attached hydrogens (tertiary/aromatic N) is 1. The van der Waals surface area contributed by atoms with Gasteiger partial charge < -0.3 is 10.6 Å². The summed E-state index contributed by atoms with van der Waals surface area (Å²) in [6.45, 7) is 8.14. The largest absolute Gasteiger partial charge is 0.357 e. The van der Waals surface area contributed by atoms with E-state index in [1.54, 1.807) is 0 Å². The van der Waals surface area contributed by atoms with E-state index in [9.17, 15) is 8.42 Å². The third-order valence-corrected chi connectivity index (χ3v) is 6.56. The molecule has 136 valence electrons. The number of hydrogen-bond acceptors (Lipinski definition) is 3. The summed E-state index contributed by atoms with van der Waals surface area (Å²) in [5, 5.41) is 6.84. The van der Waals surface area contributed by atoms with Gasteiger partial charge in [0, 0.05) is 19.1 Å². The summed E-state index contributed by atoms with van der Waals surface area (Å²) in [7, 11) is -2.81. The molecule has 7 heteroatoms. The predicted octanol–water partition coefficient (Wildman–Crippen LogP) is 2.56. The minimum absolute atomic E-state index is 0. The second-order valence-electron chi connectivity index (χ2n) is 7.59. The molecule has 0 spiro atoms. The van der Waals surface area contributed by atoms with Crippen LogP contribution in [0.25, 0.3) is 0 Å². The SMILES string of the molecule is CCNC(=NCC1CCS(=O)(=O)C1)NC1CCCC(C)(C)C1.I. The van der Waals surface area contributed by atoms with E-state index in [2.05, 4.69) is 36.4 Å². The van der Waals surface area contributed by atoms with Crippen LogP contribution in [0.4, 0.5) is 0 Å². The molecular weight excluding hydrogens is 425 g/mol. The minimum Gasteiger partial charge on any atom is -0.357 e. The molecule has 1 aliphatic heterocycles. The van der Waals surface area contributed by atoms with Crippen molar-refractivity contribution >= 4 is 39.8 Å². The molecule has 2 fully saturated rings. The minimum atomic E-state index is -2.81. The summed E-state index contributed by atoms with van der Waals surface area (Å²) in [4.78, 5) is 4.63. The van der Waals surface area contributed by atoms with Crippen LogP contribution < -0.4 is 10.6 Å². The molecule has 2 aliphatic rings. The van der Waals surface area contributed by atoms with Crippen molar-refractivity contribution < 1.29 is 8.42 Å². The summed E-state index contributed by atoms with van der Waals surface area (Å²) >= 11 is 0. The highest BCUT2D eigenvalue weighted by Gasteiger charge is 2.29. The first-order valence-electron chi connectivity index (χ1n) is 8.55. The Balaban J connectivity index is 0.00000264. The lowest BCUT2D eigenvalue weighted by molar-refractivity contribution is 0.210. The van der Waals surface area contributed by atoms with Gasteiger partial charge in [-0.3, -0.25) is 4.99 Å². The highest BCUT2D eigenvalue weighted by atomic mass is 127. The fraction of sp³-hybridized carbons (Fsp3) is 0.938. The van der Waals surface area contributed by atoms with Crippen LogP contribution >= 0.6 is 24.0 Å². The molecule has 0 aromatic heterocycles. The van der Waals surface area contributed by atoms with Crippen LogP contribution in [-0.2, 0) is 9.84 Å². The Hall–Kier alpha value is -0.0500. The van der Waals surface area contributed by atoms with Gasteiger partial charge in [0.2, 0.25) is 0 Å². The van der Waals surface area contributed by atoms with E-state index in [1.165, 1.54) is 19.3 Å². The van der Waals surface area contributed by atoms with Crippen molar-refractivity contribution in [1.29, 1.82) is 0 Å². The lowest BCUT2D eigenvalue weighted by Gasteiger charge is -2.36. The first-order chi connectivity index (χ1) is 10.3. The summed E-state index contributed by atoms with van der Waals surface area (Å²) in [6, 6.07) is 0.467. The zero-order valence-corrected chi connectivity index (χ0v) is 17.7. The topological polar surface area (TPSA) is 70.6 Å². The summed E-state index contributed by atoms with van der Waals surface area (Å²) < 4.78 is 23.0. The maximum Gasteiger partial charge on any atom is 0.191 e. The number of hydrogen-bond donors (Lipinski definition) is 2. The summed E-state index contributed by atoms with van der Waals surface area (Å²) in [5.41, 5.74) is 0.396. The van der Waals surface area contributed by atoms with Crippen molar-refractivity contribution in [3.63, 3.8) is 0 Å². The van der Waals surface area contributed by atoms with E-state index in [0.717, 1.165) is 25.3 Å². The molecule has 23 heavy (non-hydrogen) atoms. The van der Waals surface area contributed by atoms with Gasteiger partial charge in [0.1, 0.15) is 0 Å². The second-order valence-corrected chi connectivity index (χ2v) is 9.82. The molecule has 0 bridgehead atoms. The number of nitrogens with one attached hydrogen (secondary N) is 2. The van der Waals surface area contributed by atoms with Gasteiger partial charge in [-0.25, -0.2) is 8.42 Å².